The summed E-state index contributed by atoms with van der Waals surface area (Å²) in [7, 11) is 0. The fraction of sp³-hybridized carbons (Fsp3) is 0.391. The normalized spacial score (nSPS) is 12.7. The van der Waals surface area contributed by atoms with Gasteiger partial charge in [-0.05, 0) is 51.0 Å². The van der Waals surface area contributed by atoms with Crippen LogP contribution >= 0.6 is 23.2 Å². The molecule has 0 bridgehead atoms. The van der Waals surface area contributed by atoms with Gasteiger partial charge in [0.05, 0.1) is 5.02 Å². The molecule has 0 saturated carbocycles. The predicted molar refractivity (Wildman–Crippen MR) is 121 cm³/mol. The van der Waals surface area contributed by atoms with Crippen molar-refractivity contribution >= 4 is 35.0 Å². The number of hydrogen-bond acceptors (Lipinski definition) is 3. The lowest BCUT2D eigenvalue weighted by molar-refractivity contribution is -0.142. The molecule has 0 radical (unpaired) electrons. The summed E-state index contributed by atoms with van der Waals surface area (Å²) in [5, 5.41) is 3.75. The molecule has 2 amide bonds. The molecule has 2 atom stereocenters. The lowest BCUT2D eigenvalue weighted by atomic mass is 10.1. The first-order valence-corrected chi connectivity index (χ1v) is 10.7. The van der Waals surface area contributed by atoms with E-state index in [-0.39, 0.29) is 24.5 Å². The van der Waals surface area contributed by atoms with Crippen LogP contribution in [-0.2, 0) is 16.1 Å². The van der Waals surface area contributed by atoms with E-state index in [1.165, 1.54) is 4.90 Å². The van der Waals surface area contributed by atoms with Crippen molar-refractivity contribution in [2.24, 2.45) is 0 Å². The molecule has 0 heterocycles. The number of carbonyl (C=O) groups is 2. The van der Waals surface area contributed by atoms with E-state index in [0.717, 1.165) is 17.5 Å². The second-order valence-corrected chi connectivity index (χ2v) is 8.21. The Morgan fingerprint density at radius 3 is 2.50 bits per heavy atom. The highest BCUT2D eigenvalue weighted by Crippen LogP contribution is 2.27. The third kappa shape index (κ3) is 6.92. The van der Waals surface area contributed by atoms with Gasteiger partial charge < -0.3 is 15.0 Å². The van der Waals surface area contributed by atoms with Gasteiger partial charge in [0.15, 0.2) is 6.61 Å². The molecule has 2 aromatic carbocycles. The van der Waals surface area contributed by atoms with Gasteiger partial charge in [0.1, 0.15) is 11.8 Å². The largest absolute Gasteiger partial charge is 0.482 e. The van der Waals surface area contributed by atoms with Crippen LogP contribution in [0.15, 0.2) is 42.5 Å². The molecule has 2 aromatic rings. The molecule has 0 aliphatic carbocycles. The summed E-state index contributed by atoms with van der Waals surface area (Å²) < 4.78 is 5.61. The standard InChI is InChI=1S/C23H28Cl2N2O3/c1-5-16(3)26-23(29)17(4)27(13-18-8-6-7-15(2)11-18)22(28)14-30-21-10-9-19(24)12-20(21)25/h6-12,16-17H,5,13-14H2,1-4H3,(H,26,29)/t16-,17+/m0/s1. The maximum Gasteiger partial charge on any atom is 0.261 e. The SMILES string of the molecule is CC[C@H](C)NC(=O)[C@@H](C)N(Cc1cccc(C)c1)C(=O)COc1ccc(Cl)cc1Cl. The first kappa shape index (κ1) is 24.0. The van der Waals surface area contributed by atoms with Crippen LogP contribution in [0.1, 0.15) is 38.3 Å². The van der Waals surface area contributed by atoms with E-state index in [0.29, 0.717) is 22.3 Å². The number of hydrogen-bond donors (Lipinski definition) is 1. The van der Waals surface area contributed by atoms with Gasteiger partial charge in [0.25, 0.3) is 5.91 Å². The van der Waals surface area contributed by atoms with Crippen molar-refractivity contribution in [3.63, 3.8) is 0 Å². The zero-order chi connectivity index (χ0) is 22.3. The number of rotatable bonds is 9. The van der Waals surface area contributed by atoms with Crippen molar-refractivity contribution < 1.29 is 14.3 Å². The van der Waals surface area contributed by atoms with E-state index in [4.69, 9.17) is 27.9 Å². The van der Waals surface area contributed by atoms with Gasteiger partial charge in [-0.25, -0.2) is 0 Å². The lowest BCUT2D eigenvalue weighted by Crippen LogP contribution is -2.50. The molecule has 0 saturated heterocycles. The third-order valence-corrected chi connectivity index (χ3v) is 5.38. The van der Waals surface area contributed by atoms with Crippen LogP contribution in [0.3, 0.4) is 0 Å². The Kier molecular flexibility index (Phi) is 9.00. The molecule has 5 nitrogen and oxygen atoms in total. The molecular formula is C23H28Cl2N2O3. The summed E-state index contributed by atoms with van der Waals surface area (Å²) in [6.45, 7) is 7.69. The Morgan fingerprint density at radius 2 is 1.87 bits per heavy atom. The van der Waals surface area contributed by atoms with Gasteiger partial charge >= 0.3 is 0 Å². The minimum absolute atomic E-state index is 0.0278. The number of nitrogens with one attached hydrogen (secondary N) is 1. The minimum Gasteiger partial charge on any atom is -0.482 e. The van der Waals surface area contributed by atoms with E-state index < -0.39 is 6.04 Å². The summed E-state index contributed by atoms with van der Waals surface area (Å²) in [6.07, 6.45) is 0.808. The first-order chi connectivity index (χ1) is 14.2. The Hall–Kier alpha value is -2.24. The molecule has 0 aliphatic heterocycles. The van der Waals surface area contributed by atoms with E-state index in [9.17, 15) is 9.59 Å². The maximum absolute atomic E-state index is 13.0. The number of nitrogens with zero attached hydrogens (tertiary/aromatic N) is 1. The monoisotopic (exact) mass is 450 g/mol. The van der Waals surface area contributed by atoms with Crippen molar-refractivity contribution in [3.05, 3.63) is 63.6 Å². The van der Waals surface area contributed by atoms with Crippen molar-refractivity contribution in [2.75, 3.05) is 6.61 Å². The highest BCUT2D eigenvalue weighted by Gasteiger charge is 2.27. The van der Waals surface area contributed by atoms with Gasteiger partial charge in [-0.2, -0.15) is 0 Å². The second-order valence-electron chi connectivity index (χ2n) is 7.37. The first-order valence-electron chi connectivity index (χ1n) is 9.94. The molecule has 162 valence electrons. The van der Waals surface area contributed by atoms with Crippen molar-refractivity contribution in [3.8, 4) is 5.75 Å². The fourth-order valence-electron chi connectivity index (χ4n) is 2.87. The van der Waals surface area contributed by atoms with Crippen LogP contribution in [0.4, 0.5) is 0 Å². The predicted octanol–water partition coefficient (Wildman–Crippen LogP) is 5.01. The number of benzene rings is 2. The Balaban J connectivity index is 2.18. The van der Waals surface area contributed by atoms with Crippen LogP contribution in [0.2, 0.25) is 10.0 Å². The Labute approximate surface area is 188 Å². The van der Waals surface area contributed by atoms with Crippen LogP contribution < -0.4 is 10.1 Å². The number of halogens is 2. The smallest absolute Gasteiger partial charge is 0.261 e. The molecular weight excluding hydrogens is 423 g/mol. The summed E-state index contributed by atoms with van der Waals surface area (Å²) in [4.78, 5) is 27.3. The number of aryl methyl sites for hydroxylation is 1. The summed E-state index contributed by atoms with van der Waals surface area (Å²) >= 11 is 12.0. The molecule has 2 rings (SSSR count). The molecule has 0 aliphatic rings. The average molecular weight is 451 g/mol. The van der Waals surface area contributed by atoms with E-state index in [2.05, 4.69) is 5.32 Å². The van der Waals surface area contributed by atoms with E-state index >= 15 is 0 Å². The molecule has 0 unspecified atom stereocenters. The zero-order valence-electron chi connectivity index (χ0n) is 17.7. The zero-order valence-corrected chi connectivity index (χ0v) is 19.3. The fourth-order valence-corrected chi connectivity index (χ4v) is 3.33. The van der Waals surface area contributed by atoms with Crippen molar-refractivity contribution in [1.82, 2.24) is 10.2 Å². The van der Waals surface area contributed by atoms with Gasteiger partial charge in [-0.3, -0.25) is 9.59 Å². The molecule has 0 fully saturated rings. The van der Waals surface area contributed by atoms with E-state index in [1.807, 2.05) is 45.0 Å². The Bertz CT molecular complexity index is 889. The average Bonchev–Trinajstić information content (AvgIpc) is 2.70. The number of amides is 2. The van der Waals surface area contributed by atoms with Gasteiger partial charge in [0, 0.05) is 17.6 Å². The summed E-state index contributed by atoms with van der Waals surface area (Å²) in [5.41, 5.74) is 2.02. The van der Waals surface area contributed by atoms with Crippen LogP contribution in [-0.4, -0.2) is 35.4 Å². The van der Waals surface area contributed by atoms with Crippen LogP contribution in [0, 0.1) is 6.92 Å². The van der Waals surface area contributed by atoms with Gasteiger partial charge in [0.2, 0.25) is 5.91 Å². The van der Waals surface area contributed by atoms with Crippen molar-refractivity contribution in [2.45, 2.75) is 52.7 Å². The number of ether oxygens (including phenoxy) is 1. The summed E-state index contributed by atoms with van der Waals surface area (Å²) in [5.74, 6) is -0.147. The highest BCUT2D eigenvalue weighted by molar-refractivity contribution is 6.35. The molecule has 0 spiro atoms. The second kappa shape index (κ2) is 11.2. The topological polar surface area (TPSA) is 58.6 Å². The molecule has 7 heteroatoms. The minimum atomic E-state index is -0.656. The summed E-state index contributed by atoms with van der Waals surface area (Å²) in [6, 6.07) is 12.0. The number of carbonyl (C=O) groups excluding carboxylic acids is 2. The highest BCUT2D eigenvalue weighted by atomic mass is 35.5. The van der Waals surface area contributed by atoms with Crippen LogP contribution in [0.25, 0.3) is 0 Å². The maximum atomic E-state index is 13.0. The molecule has 30 heavy (non-hydrogen) atoms. The van der Waals surface area contributed by atoms with E-state index in [1.54, 1.807) is 25.1 Å². The van der Waals surface area contributed by atoms with Gasteiger partial charge in [-0.1, -0.05) is 60.0 Å². The molecule has 0 aromatic heterocycles. The van der Waals surface area contributed by atoms with Crippen molar-refractivity contribution in [1.29, 1.82) is 0 Å². The quantitative estimate of drug-likeness (QED) is 0.583. The Morgan fingerprint density at radius 1 is 1.13 bits per heavy atom. The van der Waals surface area contributed by atoms with Gasteiger partial charge in [-0.15, -0.1) is 0 Å². The lowest BCUT2D eigenvalue weighted by Gasteiger charge is -2.29. The van der Waals surface area contributed by atoms with Crippen LogP contribution in [0.5, 0.6) is 5.75 Å². The third-order valence-electron chi connectivity index (χ3n) is 4.85. The molecule has 1 N–H and O–H groups in total.